The molecule has 0 radical (unpaired) electrons. The van der Waals surface area contributed by atoms with Gasteiger partial charge in [-0.05, 0) is 49.7 Å². The van der Waals surface area contributed by atoms with Gasteiger partial charge in [0.1, 0.15) is 5.70 Å². The Morgan fingerprint density at radius 2 is 1.76 bits per heavy atom. The van der Waals surface area contributed by atoms with E-state index in [1.807, 2.05) is 20.8 Å². The lowest BCUT2D eigenvalue weighted by Gasteiger charge is -2.56. The first-order valence-electron chi connectivity index (χ1n) is 13.1. The van der Waals surface area contributed by atoms with E-state index in [0.717, 1.165) is 30.3 Å². The summed E-state index contributed by atoms with van der Waals surface area (Å²) in [5.41, 5.74) is 5.18. The maximum Gasteiger partial charge on any atom is 0.363 e. The molecule has 1 aromatic rings. The van der Waals surface area contributed by atoms with Gasteiger partial charge in [-0.25, -0.2) is 9.59 Å². The predicted octanol–water partition coefficient (Wildman–Crippen LogP) is 4.32. The van der Waals surface area contributed by atoms with E-state index < -0.39 is 30.6 Å². The van der Waals surface area contributed by atoms with Crippen LogP contribution >= 0.6 is 0 Å². The molecule has 1 amide bonds. The zero-order valence-electron chi connectivity index (χ0n) is 22.9. The fraction of sp³-hybridized carbons (Fsp3) is 0.519. The maximum absolute atomic E-state index is 13.7. The summed E-state index contributed by atoms with van der Waals surface area (Å²) in [5, 5.41) is 10.9. The van der Waals surface area contributed by atoms with Crippen molar-refractivity contribution in [1.82, 2.24) is 4.90 Å². The molecule has 11 heteroatoms. The molecule has 2 heterocycles. The van der Waals surface area contributed by atoms with Crippen LogP contribution in [0.15, 0.2) is 47.7 Å². The molecule has 0 saturated carbocycles. The highest BCUT2D eigenvalue weighted by Crippen LogP contribution is 2.55. The number of nitro groups is 1. The van der Waals surface area contributed by atoms with E-state index in [9.17, 15) is 24.5 Å². The minimum atomic E-state index is -2.01. The third kappa shape index (κ3) is 4.85. The van der Waals surface area contributed by atoms with Crippen molar-refractivity contribution in [3.8, 4) is 0 Å². The first-order chi connectivity index (χ1) is 17.9. The van der Waals surface area contributed by atoms with Gasteiger partial charge in [0.15, 0.2) is 8.32 Å². The number of non-ortho nitro benzene ring substituents is 1. The third-order valence-corrected chi connectivity index (χ3v) is 13.1. The van der Waals surface area contributed by atoms with Crippen molar-refractivity contribution in [3.05, 3.63) is 63.4 Å². The number of amides is 1. The van der Waals surface area contributed by atoms with Gasteiger partial charge in [-0.15, -0.1) is 0 Å². The van der Waals surface area contributed by atoms with Crippen molar-refractivity contribution in [2.75, 3.05) is 6.54 Å². The smallest absolute Gasteiger partial charge is 0.363 e. The van der Waals surface area contributed by atoms with Gasteiger partial charge in [-0.3, -0.25) is 14.9 Å². The van der Waals surface area contributed by atoms with Crippen molar-refractivity contribution in [1.29, 1.82) is 0 Å². The van der Waals surface area contributed by atoms with Crippen LogP contribution in [0.1, 0.15) is 51.9 Å². The van der Waals surface area contributed by atoms with Gasteiger partial charge in [0.2, 0.25) is 5.91 Å². The fourth-order valence-corrected chi connectivity index (χ4v) is 8.68. The largest absolute Gasteiger partial charge is 0.413 e. The number of carbonyl (C=O) groups is 3. The number of β-lactam (4-membered cyclic amide) rings is 1. The lowest BCUT2D eigenvalue weighted by Crippen LogP contribution is -2.72. The van der Waals surface area contributed by atoms with Crippen molar-refractivity contribution in [3.63, 3.8) is 0 Å². The highest BCUT2D eigenvalue weighted by Gasteiger charge is 2.68. The summed E-state index contributed by atoms with van der Waals surface area (Å²) in [6, 6.07) is 7.23. The zero-order valence-corrected chi connectivity index (χ0v) is 23.9. The summed E-state index contributed by atoms with van der Waals surface area (Å²) < 4.78 is 11.8. The van der Waals surface area contributed by atoms with Gasteiger partial charge in [0.25, 0.3) is 5.69 Å². The summed E-state index contributed by atoms with van der Waals surface area (Å²) >= 11 is 0. The van der Waals surface area contributed by atoms with Crippen molar-refractivity contribution < 1.29 is 28.5 Å². The Bertz CT molecular complexity index is 1170. The van der Waals surface area contributed by atoms with Gasteiger partial charge in [0, 0.05) is 24.6 Å². The number of carbonyl (C=O) groups excluding carboxylic acids is 3. The minimum absolute atomic E-state index is 0.0159. The molecule has 0 unspecified atom stereocenters. The Labute approximate surface area is 224 Å². The second kappa shape index (κ2) is 11.3. The molecular formula is C27H37N3O7Si. The lowest BCUT2D eigenvalue weighted by atomic mass is 9.65. The van der Waals surface area contributed by atoms with Crippen LogP contribution in [0.25, 0.3) is 0 Å². The summed E-state index contributed by atoms with van der Waals surface area (Å²) in [4.78, 5) is 51.4. The quantitative estimate of drug-likeness (QED) is 0.109. The number of hydrogen-bond donors (Lipinski definition) is 1. The van der Waals surface area contributed by atoms with Crippen molar-refractivity contribution in [2.24, 2.45) is 17.1 Å². The first kappa shape index (κ1) is 29.4. The molecule has 0 spiro atoms. The van der Waals surface area contributed by atoms with E-state index in [-0.39, 0.29) is 47.5 Å². The Kier molecular flexibility index (Phi) is 8.74. The van der Waals surface area contributed by atoms with E-state index in [1.165, 1.54) is 17.0 Å². The monoisotopic (exact) mass is 543 g/mol. The molecule has 1 aromatic carbocycles. The first-order valence-corrected chi connectivity index (χ1v) is 15.6. The third-order valence-electron chi connectivity index (χ3n) is 8.38. The second-order valence-electron chi connectivity index (χ2n) is 10.1. The Hall–Kier alpha value is -3.15. The number of nitrogens with zero attached hydrogens (tertiary/aromatic N) is 2. The SMILES string of the molecule is CC[Si](CC)(CC)O[C@H](C)[C@@]1(C)C(=O)N2C(C(=O)OC(=O)c3ccc([N+](=O)[O-])cc3)=C(/C=C/CN)[C@H](C)[C@@H]21. The molecule has 38 heavy (non-hydrogen) atoms. The number of nitro benzene ring substituents is 1. The molecular weight excluding hydrogens is 506 g/mol. The van der Waals surface area contributed by atoms with Gasteiger partial charge in [-0.1, -0.05) is 39.8 Å². The second-order valence-corrected chi connectivity index (χ2v) is 14.8. The van der Waals surface area contributed by atoms with Crippen LogP contribution in [-0.2, 0) is 18.8 Å². The van der Waals surface area contributed by atoms with E-state index in [4.69, 9.17) is 14.9 Å². The molecule has 1 fully saturated rings. The molecule has 0 bridgehead atoms. The number of rotatable bonds is 11. The Balaban J connectivity index is 1.91. The van der Waals surface area contributed by atoms with Crippen LogP contribution in [0.3, 0.4) is 0 Å². The van der Waals surface area contributed by atoms with Crippen LogP contribution in [-0.4, -0.2) is 54.7 Å². The molecule has 2 N–H and O–H groups in total. The predicted molar refractivity (Wildman–Crippen MR) is 144 cm³/mol. The summed E-state index contributed by atoms with van der Waals surface area (Å²) in [5.74, 6) is -2.40. The Morgan fingerprint density at radius 3 is 2.26 bits per heavy atom. The van der Waals surface area contributed by atoms with Gasteiger partial charge in [0.05, 0.1) is 28.0 Å². The van der Waals surface area contributed by atoms with Crippen LogP contribution < -0.4 is 5.73 Å². The standard InChI is InChI=1S/C27H37N3O7Si/c1-7-38(8-2,9-3)37-18(5)27(6)23-17(4)21(11-10-16-28)22(29(23)26(27)33)25(32)36-24(31)19-12-14-20(15-13-19)30(34)35/h10-15,17-18,23H,7-9,16,28H2,1-6H3/b11-10+/t17-,18+,23+,27+/m0/s1. The molecule has 3 rings (SSSR count). The maximum atomic E-state index is 13.7. The number of allylic oxidation sites excluding steroid dienone is 1. The topological polar surface area (TPSA) is 142 Å². The molecule has 206 valence electrons. The normalized spacial score (nSPS) is 23.9. The molecule has 0 aromatic heterocycles. The molecule has 4 atom stereocenters. The number of esters is 2. The van der Waals surface area contributed by atoms with Gasteiger partial charge in [-0.2, -0.15) is 0 Å². The average molecular weight is 544 g/mol. The molecule has 1 saturated heterocycles. The summed E-state index contributed by atoms with van der Waals surface area (Å²) in [6.07, 6.45) is 3.04. The summed E-state index contributed by atoms with van der Waals surface area (Å²) in [7, 11) is -2.01. The van der Waals surface area contributed by atoms with Crippen molar-refractivity contribution >= 4 is 31.9 Å². The van der Waals surface area contributed by atoms with Crippen LogP contribution in [0.2, 0.25) is 18.1 Å². The lowest BCUT2D eigenvalue weighted by molar-refractivity contribution is -0.384. The zero-order chi connectivity index (χ0) is 28.4. The number of ether oxygens (including phenoxy) is 1. The number of nitrogens with two attached hydrogens (primary N) is 1. The fourth-order valence-electron chi connectivity index (χ4n) is 5.69. The molecule has 2 aliphatic rings. The Morgan fingerprint density at radius 1 is 1.18 bits per heavy atom. The van der Waals surface area contributed by atoms with E-state index >= 15 is 0 Å². The number of hydrogen-bond acceptors (Lipinski definition) is 8. The highest BCUT2D eigenvalue weighted by molar-refractivity contribution is 6.73. The molecule has 0 aliphatic carbocycles. The average Bonchev–Trinajstić information content (AvgIpc) is 3.19. The highest BCUT2D eigenvalue weighted by atomic mass is 28.4. The van der Waals surface area contributed by atoms with E-state index in [2.05, 4.69) is 20.8 Å². The molecule has 2 aliphatic heterocycles. The minimum Gasteiger partial charge on any atom is -0.413 e. The van der Waals surface area contributed by atoms with Gasteiger partial charge >= 0.3 is 11.9 Å². The van der Waals surface area contributed by atoms with Crippen LogP contribution in [0.4, 0.5) is 5.69 Å². The van der Waals surface area contributed by atoms with E-state index in [1.54, 1.807) is 12.2 Å². The van der Waals surface area contributed by atoms with Gasteiger partial charge < -0.3 is 19.8 Å². The number of benzene rings is 1. The van der Waals surface area contributed by atoms with Crippen LogP contribution in [0, 0.1) is 21.4 Å². The van der Waals surface area contributed by atoms with Crippen LogP contribution in [0.5, 0.6) is 0 Å². The number of fused-ring (bicyclic) bond motifs is 1. The summed E-state index contributed by atoms with van der Waals surface area (Å²) in [6.45, 7) is 12.4. The van der Waals surface area contributed by atoms with E-state index in [0.29, 0.717) is 5.57 Å². The van der Waals surface area contributed by atoms with Crippen molar-refractivity contribution in [2.45, 2.75) is 71.8 Å². The molecule has 10 nitrogen and oxygen atoms in total.